The number of carboxylic acids is 3. The van der Waals surface area contributed by atoms with Gasteiger partial charge in [0.1, 0.15) is 36.0 Å². The largest absolute Gasteiger partial charge is 0.481 e. The number of benzene rings is 3. The van der Waals surface area contributed by atoms with Crippen LogP contribution >= 0.6 is 0 Å². The molecule has 5 atom stereocenters. The lowest BCUT2D eigenvalue weighted by Crippen LogP contribution is -2.58. The Labute approximate surface area is 345 Å². The molecule has 0 spiro atoms. The van der Waals surface area contributed by atoms with E-state index in [2.05, 4.69) is 26.6 Å². The van der Waals surface area contributed by atoms with Crippen molar-refractivity contribution in [3.8, 4) is 0 Å². The lowest BCUT2D eigenvalue weighted by Gasteiger charge is -2.25. The van der Waals surface area contributed by atoms with Gasteiger partial charge >= 0.3 is 24.0 Å². The summed E-state index contributed by atoms with van der Waals surface area (Å²) >= 11 is 0. The molecule has 0 radical (unpaired) electrons. The minimum atomic E-state index is -1.89. The third-order valence-corrected chi connectivity index (χ3v) is 8.92. The first kappa shape index (κ1) is 47.7. The third-order valence-electron chi connectivity index (χ3n) is 8.92. The molecule has 0 unspecified atom stereocenters. The number of nitrogens with one attached hydrogen (secondary N) is 6. The van der Waals surface area contributed by atoms with Crippen LogP contribution in [0.2, 0.25) is 0 Å². The van der Waals surface area contributed by atoms with Gasteiger partial charge in [-0.15, -0.1) is 0 Å². The fourth-order valence-corrected chi connectivity index (χ4v) is 5.98. The maximum absolute atomic E-state index is 14.2. The second kappa shape index (κ2) is 23.1. The number of nitrogens with two attached hydrogens (primary N) is 1. The van der Waals surface area contributed by atoms with Crippen molar-refractivity contribution in [3.63, 3.8) is 0 Å². The first-order valence-corrected chi connectivity index (χ1v) is 18.5. The summed E-state index contributed by atoms with van der Waals surface area (Å²) in [6.45, 7) is -0.916. The van der Waals surface area contributed by atoms with E-state index in [9.17, 15) is 52.3 Å². The average molecular weight is 854 g/mol. The fraction of sp³-hybridized carbons (Fsp3) is 0.333. The highest BCUT2D eigenvalue weighted by atomic mass is 19.1. The van der Waals surface area contributed by atoms with Crippen LogP contribution < -0.4 is 37.6 Å². The summed E-state index contributed by atoms with van der Waals surface area (Å²) in [5.41, 5.74) is 6.20. The fourth-order valence-electron chi connectivity index (χ4n) is 5.98. The number of carbonyl (C=O) groups excluding carboxylic acids is 6. The van der Waals surface area contributed by atoms with Gasteiger partial charge in [0.15, 0.2) is 0 Å². The van der Waals surface area contributed by atoms with E-state index >= 15 is 0 Å². The molecule has 3 aromatic carbocycles. The van der Waals surface area contributed by atoms with Gasteiger partial charge in [0.2, 0.25) is 35.4 Å². The number of hydrogen-bond donors (Lipinski definition) is 11. The van der Waals surface area contributed by atoms with Gasteiger partial charge in [-0.2, -0.15) is 0 Å². The molecule has 3 rings (SSSR count). The molecular weight excluding hydrogens is 809 g/mol. The zero-order valence-corrected chi connectivity index (χ0v) is 32.2. The number of amides is 7. The Balaban J connectivity index is 1.89. The highest BCUT2D eigenvalue weighted by molar-refractivity contribution is 5.97. The quantitative estimate of drug-likeness (QED) is 0.0523. The smallest absolute Gasteiger partial charge is 0.405 e. The molecule has 12 N–H and O–H groups in total. The maximum atomic E-state index is 14.2. The van der Waals surface area contributed by atoms with Crippen LogP contribution in [0.4, 0.5) is 9.18 Å². The number of rotatable bonds is 24. The van der Waals surface area contributed by atoms with Gasteiger partial charge in [-0.1, -0.05) is 54.6 Å². The van der Waals surface area contributed by atoms with Crippen molar-refractivity contribution in [2.45, 2.75) is 75.2 Å². The summed E-state index contributed by atoms with van der Waals surface area (Å²) in [5, 5.41) is 51.1. The minimum absolute atomic E-state index is 0.196. The Kier molecular flexibility index (Phi) is 18.1. The van der Waals surface area contributed by atoms with Crippen LogP contribution in [0.5, 0.6) is 0 Å². The number of aliphatic carboxylic acids is 3. The number of hydrogen-bond acceptors (Lipinski definition) is 10. The van der Waals surface area contributed by atoms with Crippen molar-refractivity contribution < 1.29 is 72.8 Å². The summed E-state index contributed by atoms with van der Waals surface area (Å²) in [5.74, 6) is -11.5. The molecule has 0 saturated carbocycles. The first-order valence-electron chi connectivity index (χ1n) is 18.5. The Morgan fingerprint density at radius 1 is 0.574 bits per heavy atom. The maximum Gasteiger partial charge on any atom is 0.405 e. The summed E-state index contributed by atoms with van der Waals surface area (Å²) in [7, 11) is 0. The highest BCUT2D eigenvalue weighted by Crippen LogP contribution is 2.20. The predicted molar refractivity (Wildman–Crippen MR) is 209 cm³/mol. The lowest BCUT2D eigenvalue weighted by molar-refractivity contribution is -0.140. The van der Waals surface area contributed by atoms with Gasteiger partial charge in [0, 0.05) is 25.7 Å². The van der Waals surface area contributed by atoms with Gasteiger partial charge in [0.25, 0.3) is 0 Å². The molecule has 0 saturated heterocycles. The van der Waals surface area contributed by atoms with E-state index in [1.165, 1.54) is 12.1 Å². The zero-order valence-electron chi connectivity index (χ0n) is 32.2. The molecule has 326 valence electrons. The van der Waals surface area contributed by atoms with Gasteiger partial charge in [0.05, 0.1) is 13.0 Å². The van der Waals surface area contributed by atoms with Crippen LogP contribution in [-0.4, -0.2) is 117 Å². The van der Waals surface area contributed by atoms with Crippen LogP contribution in [0, 0.1) is 5.82 Å². The molecule has 0 aliphatic heterocycles. The molecular formula is C39H44FN7O14. The van der Waals surface area contributed by atoms with E-state index in [1.807, 2.05) is 0 Å². The van der Waals surface area contributed by atoms with Crippen molar-refractivity contribution in [2.75, 3.05) is 6.54 Å². The van der Waals surface area contributed by atoms with Crippen molar-refractivity contribution in [2.24, 2.45) is 5.73 Å². The molecule has 0 aliphatic rings. The van der Waals surface area contributed by atoms with Crippen LogP contribution in [0.3, 0.4) is 0 Å². The van der Waals surface area contributed by atoms with Crippen molar-refractivity contribution in [1.29, 1.82) is 0 Å². The van der Waals surface area contributed by atoms with Crippen LogP contribution in [-0.2, 0) is 56.0 Å². The van der Waals surface area contributed by atoms with Crippen molar-refractivity contribution in [1.82, 2.24) is 31.9 Å². The molecule has 0 fully saturated rings. The van der Waals surface area contributed by atoms with E-state index in [1.54, 1.807) is 47.8 Å². The summed E-state index contributed by atoms with van der Waals surface area (Å²) in [6, 6.07) is 9.10. The number of carbonyl (C=O) groups is 10. The van der Waals surface area contributed by atoms with Crippen molar-refractivity contribution in [3.05, 3.63) is 83.7 Å². The Morgan fingerprint density at radius 3 is 1.74 bits per heavy atom. The molecule has 22 heteroatoms. The van der Waals surface area contributed by atoms with Gasteiger partial charge < -0.3 is 58.1 Å². The topological polar surface area (TPSA) is 350 Å². The molecule has 21 nitrogen and oxygen atoms in total. The molecule has 7 amide bonds. The Hall–Kier alpha value is -7.65. The average Bonchev–Trinajstić information content (AvgIpc) is 3.18. The summed E-state index contributed by atoms with van der Waals surface area (Å²) < 4.78 is 14.2. The lowest BCUT2D eigenvalue weighted by atomic mass is 9.97. The van der Waals surface area contributed by atoms with Gasteiger partial charge in [-0.3, -0.25) is 43.2 Å². The first-order chi connectivity index (χ1) is 28.8. The summed E-state index contributed by atoms with van der Waals surface area (Å²) in [4.78, 5) is 124. The number of primary amides is 1. The zero-order chi connectivity index (χ0) is 45.2. The minimum Gasteiger partial charge on any atom is -0.481 e. The Morgan fingerprint density at radius 2 is 1.13 bits per heavy atom. The van der Waals surface area contributed by atoms with Crippen LogP contribution in [0.25, 0.3) is 10.8 Å². The molecule has 0 heterocycles. The predicted octanol–water partition coefficient (Wildman–Crippen LogP) is -0.855. The number of fused-ring (bicyclic) bond motifs is 1. The second-order valence-corrected chi connectivity index (χ2v) is 13.6. The number of halogens is 1. The standard InChI is InChI=1S/C39H44FN7O14/c40-23-9-3-5-20(15-23)16-27(43-30(48)19-42-35(56)26(12-14-32(51)52)45-38(59)29(18-33(53)54)47-39(60)61)36(57)46-28(37(58)44-25(34(41)55)11-13-31(49)50)17-22-8-4-7-21-6-1-2-10-24(21)22/h1-10,15,25-29,47H,11-14,16-19H2,(H2,41,55)(H,42,56)(H,43,48)(H,44,58)(H,45,59)(H,46,57)(H,49,50)(H,51,52)(H,53,54)(H,60,61)/t25-,26-,27-,28-,29+/m0/s1. The Bertz CT molecular complexity index is 2130. The van der Waals surface area contributed by atoms with E-state index < -0.39 is 128 Å². The summed E-state index contributed by atoms with van der Waals surface area (Å²) in [6.07, 6.45) is -5.59. The van der Waals surface area contributed by atoms with E-state index in [0.717, 1.165) is 17.5 Å². The molecule has 61 heavy (non-hydrogen) atoms. The SMILES string of the molecule is NC(=O)[C@H](CCC(=O)O)NC(=O)[C@H](Cc1cccc2ccccc12)NC(=O)[C@H](Cc1cccc(F)c1)NC(=O)CNC(=O)[C@H](CCC(=O)O)NC(=O)[C@@H](CC(=O)O)NC(=O)O. The number of carboxylic acid groups (broad SMARTS) is 4. The highest BCUT2D eigenvalue weighted by Gasteiger charge is 2.32. The van der Waals surface area contributed by atoms with Gasteiger partial charge in [-0.05, 0) is 46.9 Å². The van der Waals surface area contributed by atoms with Crippen LogP contribution in [0.15, 0.2) is 66.7 Å². The normalized spacial score (nSPS) is 13.2. The molecule has 0 aromatic heterocycles. The monoisotopic (exact) mass is 853 g/mol. The van der Waals surface area contributed by atoms with E-state index in [0.29, 0.717) is 10.9 Å². The molecule has 0 aliphatic carbocycles. The van der Waals surface area contributed by atoms with E-state index in [-0.39, 0.29) is 24.8 Å². The molecule has 0 bridgehead atoms. The van der Waals surface area contributed by atoms with E-state index in [4.69, 9.17) is 26.2 Å². The second-order valence-electron chi connectivity index (χ2n) is 13.6. The third kappa shape index (κ3) is 16.3. The van der Waals surface area contributed by atoms with Crippen molar-refractivity contribution >= 4 is 70.2 Å². The van der Waals surface area contributed by atoms with Crippen LogP contribution in [0.1, 0.15) is 43.2 Å². The van der Waals surface area contributed by atoms with Gasteiger partial charge in [-0.25, -0.2) is 9.18 Å². The molecule has 3 aromatic rings.